The minimum Gasteiger partial charge on any atom is -0.383 e. The second-order valence-electron chi connectivity index (χ2n) is 5.13. The molecule has 0 aliphatic rings. The monoisotopic (exact) mass is 272 g/mol. The number of fused-ring (bicyclic) bond motifs is 1. The van der Waals surface area contributed by atoms with Crippen LogP contribution >= 0.6 is 0 Å². The van der Waals surface area contributed by atoms with E-state index in [-0.39, 0.29) is 5.91 Å². The Balaban J connectivity index is 2.33. The number of hydrogen-bond acceptors (Lipinski definition) is 4. The standard InChI is InChI=1S/C15H20N4O/c1-18(2)8-9-19(3)15(20)13-10-17-14(16)12-7-5-4-6-11(12)13/h4-7,10H,8-9H2,1-3H3,(H2,16,17). The van der Waals surface area contributed by atoms with E-state index in [1.165, 1.54) is 0 Å². The van der Waals surface area contributed by atoms with E-state index in [0.29, 0.717) is 17.9 Å². The molecule has 0 radical (unpaired) electrons. The quantitative estimate of drug-likeness (QED) is 0.915. The molecule has 0 atom stereocenters. The van der Waals surface area contributed by atoms with Crippen LogP contribution in [0.2, 0.25) is 0 Å². The Labute approximate surface area is 119 Å². The van der Waals surface area contributed by atoms with Gasteiger partial charge in [-0.3, -0.25) is 4.79 Å². The average Bonchev–Trinajstić information content (AvgIpc) is 2.44. The minimum absolute atomic E-state index is 0.0319. The number of likely N-dealkylation sites (N-methyl/N-ethyl adjacent to an activating group) is 2. The Kier molecular flexibility index (Phi) is 4.20. The summed E-state index contributed by atoms with van der Waals surface area (Å²) in [6.07, 6.45) is 1.56. The molecule has 0 saturated carbocycles. The van der Waals surface area contributed by atoms with E-state index in [2.05, 4.69) is 4.98 Å². The minimum atomic E-state index is -0.0319. The number of rotatable bonds is 4. The van der Waals surface area contributed by atoms with Crippen LogP contribution < -0.4 is 5.73 Å². The third kappa shape index (κ3) is 2.88. The number of anilines is 1. The first-order chi connectivity index (χ1) is 9.50. The van der Waals surface area contributed by atoms with E-state index in [1.54, 1.807) is 18.1 Å². The maximum atomic E-state index is 12.5. The summed E-state index contributed by atoms with van der Waals surface area (Å²) in [5, 5.41) is 1.67. The van der Waals surface area contributed by atoms with Gasteiger partial charge in [-0.25, -0.2) is 4.98 Å². The molecule has 106 valence electrons. The molecule has 0 fully saturated rings. The largest absolute Gasteiger partial charge is 0.383 e. The van der Waals surface area contributed by atoms with Crippen molar-refractivity contribution in [3.63, 3.8) is 0 Å². The van der Waals surface area contributed by atoms with Gasteiger partial charge in [-0.05, 0) is 19.5 Å². The van der Waals surface area contributed by atoms with Crippen LogP contribution in [0.4, 0.5) is 5.82 Å². The number of nitrogen functional groups attached to an aromatic ring is 1. The average molecular weight is 272 g/mol. The van der Waals surface area contributed by atoms with Crippen molar-refractivity contribution in [1.82, 2.24) is 14.8 Å². The van der Waals surface area contributed by atoms with Crippen molar-refractivity contribution in [1.29, 1.82) is 0 Å². The number of pyridine rings is 1. The first-order valence-corrected chi connectivity index (χ1v) is 6.54. The van der Waals surface area contributed by atoms with Crippen molar-refractivity contribution < 1.29 is 4.79 Å². The summed E-state index contributed by atoms with van der Waals surface area (Å²) in [6, 6.07) is 7.58. The first kappa shape index (κ1) is 14.3. The SMILES string of the molecule is CN(C)CCN(C)C(=O)c1cnc(N)c2ccccc12. The molecule has 2 N–H and O–H groups in total. The molecule has 1 aromatic heterocycles. The fourth-order valence-corrected chi connectivity index (χ4v) is 2.04. The zero-order valence-electron chi connectivity index (χ0n) is 12.1. The van der Waals surface area contributed by atoms with Crippen LogP contribution in [0.15, 0.2) is 30.5 Å². The van der Waals surface area contributed by atoms with Crippen LogP contribution in [0.5, 0.6) is 0 Å². The van der Waals surface area contributed by atoms with Gasteiger partial charge in [-0.1, -0.05) is 24.3 Å². The van der Waals surface area contributed by atoms with Crippen molar-refractivity contribution in [3.8, 4) is 0 Å². The Hall–Kier alpha value is -2.14. The number of nitrogens with zero attached hydrogens (tertiary/aromatic N) is 3. The van der Waals surface area contributed by atoms with Gasteiger partial charge in [0.1, 0.15) is 5.82 Å². The summed E-state index contributed by atoms with van der Waals surface area (Å²) < 4.78 is 0. The van der Waals surface area contributed by atoms with Crippen LogP contribution in [0.1, 0.15) is 10.4 Å². The first-order valence-electron chi connectivity index (χ1n) is 6.54. The summed E-state index contributed by atoms with van der Waals surface area (Å²) in [4.78, 5) is 20.4. The second kappa shape index (κ2) is 5.88. The number of aromatic nitrogens is 1. The van der Waals surface area contributed by atoms with E-state index >= 15 is 0 Å². The van der Waals surface area contributed by atoms with Gasteiger partial charge in [0.2, 0.25) is 0 Å². The van der Waals surface area contributed by atoms with E-state index < -0.39 is 0 Å². The smallest absolute Gasteiger partial charge is 0.255 e. The molecule has 0 bridgehead atoms. The highest BCUT2D eigenvalue weighted by Gasteiger charge is 2.16. The molecule has 2 rings (SSSR count). The lowest BCUT2D eigenvalue weighted by Crippen LogP contribution is -2.33. The Bertz CT molecular complexity index is 624. The molecule has 1 heterocycles. The van der Waals surface area contributed by atoms with Crippen LogP contribution in [-0.2, 0) is 0 Å². The zero-order valence-corrected chi connectivity index (χ0v) is 12.1. The van der Waals surface area contributed by atoms with Crippen molar-refractivity contribution in [2.45, 2.75) is 0 Å². The van der Waals surface area contributed by atoms with Gasteiger partial charge in [-0.15, -0.1) is 0 Å². The summed E-state index contributed by atoms with van der Waals surface area (Å²) in [7, 11) is 5.77. The highest BCUT2D eigenvalue weighted by molar-refractivity contribution is 6.08. The number of carbonyl (C=O) groups is 1. The molecular weight excluding hydrogens is 252 g/mol. The van der Waals surface area contributed by atoms with Crippen LogP contribution in [0.25, 0.3) is 10.8 Å². The van der Waals surface area contributed by atoms with Gasteiger partial charge < -0.3 is 15.5 Å². The maximum absolute atomic E-state index is 12.5. The van der Waals surface area contributed by atoms with E-state index in [4.69, 9.17) is 5.73 Å². The molecule has 1 aromatic carbocycles. The number of amides is 1. The van der Waals surface area contributed by atoms with Gasteiger partial charge in [0.05, 0.1) is 5.56 Å². The normalized spacial score (nSPS) is 11.0. The van der Waals surface area contributed by atoms with Gasteiger partial charge in [0, 0.05) is 31.7 Å². The Morgan fingerprint density at radius 3 is 2.45 bits per heavy atom. The van der Waals surface area contributed by atoms with Crippen LogP contribution in [0.3, 0.4) is 0 Å². The fourth-order valence-electron chi connectivity index (χ4n) is 2.04. The molecule has 0 aliphatic heterocycles. The highest BCUT2D eigenvalue weighted by atomic mass is 16.2. The second-order valence-corrected chi connectivity index (χ2v) is 5.13. The predicted molar refractivity (Wildman–Crippen MR) is 81.7 cm³/mol. The van der Waals surface area contributed by atoms with Crippen LogP contribution in [0, 0.1) is 0 Å². The van der Waals surface area contributed by atoms with Crippen molar-refractivity contribution in [2.24, 2.45) is 0 Å². The Morgan fingerprint density at radius 1 is 1.15 bits per heavy atom. The molecule has 0 aliphatic carbocycles. The molecule has 2 aromatic rings. The molecule has 0 saturated heterocycles. The number of carbonyl (C=O) groups excluding carboxylic acids is 1. The molecule has 1 amide bonds. The van der Waals surface area contributed by atoms with Gasteiger partial charge in [-0.2, -0.15) is 0 Å². The number of benzene rings is 1. The Morgan fingerprint density at radius 2 is 1.80 bits per heavy atom. The van der Waals surface area contributed by atoms with Crippen molar-refractivity contribution >= 4 is 22.5 Å². The fraction of sp³-hybridized carbons (Fsp3) is 0.333. The lowest BCUT2D eigenvalue weighted by atomic mass is 10.1. The molecule has 0 unspecified atom stereocenters. The van der Waals surface area contributed by atoms with E-state index in [9.17, 15) is 4.79 Å². The molecule has 0 spiro atoms. The molecule has 5 nitrogen and oxygen atoms in total. The molecule has 20 heavy (non-hydrogen) atoms. The van der Waals surface area contributed by atoms with E-state index in [0.717, 1.165) is 17.3 Å². The van der Waals surface area contributed by atoms with Crippen LogP contribution in [-0.4, -0.2) is 54.9 Å². The zero-order chi connectivity index (χ0) is 14.7. The predicted octanol–water partition coefficient (Wildman–Crippen LogP) is 1.45. The number of hydrogen-bond donors (Lipinski definition) is 1. The summed E-state index contributed by atoms with van der Waals surface area (Å²) in [5.74, 6) is 0.420. The lowest BCUT2D eigenvalue weighted by molar-refractivity contribution is 0.0788. The van der Waals surface area contributed by atoms with Crippen molar-refractivity contribution in [2.75, 3.05) is 40.0 Å². The van der Waals surface area contributed by atoms with Gasteiger partial charge in [0.15, 0.2) is 0 Å². The van der Waals surface area contributed by atoms with Gasteiger partial charge >= 0.3 is 0 Å². The topological polar surface area (TPSA) is 62.5 Å². The third-order valence-electron chi connectivity index (χ3n) is 3.29. The van der Waals surface area contributed by atoms with E-state index in [1.807, 2.05) is 43.3 Å². The number of nitrogens with two attached hydrogens (primary N) is 1. The molecular formula is C15H20N4O. The summed E-state index contributed by atoms with van der Waals surface area (Å²) in [6.45, 7) is 1.49. The lowest BCUT2D eigenvalue weighted by Gasteiger charge is -2.20. The van der Waals surface area contributed by atoms with Crippen molar-refractivity contribution in [3.05, 3.63) is 36.0 Å². The third-order valence-corrected chi connectivity index (χ3v) is 3.29. The molecule has 5 heteroatoms. The summed E-state index contributed by atoms with van der Waals surface area (Å²) in [5.41, 5.74) is 6.45. The highest BCUT2D eigenvalue weighted by Crippen LogP contribution is 2.23. The van der Waals surface area contributed by atoms with Gasteiger partial charge in [0.25, 0.3) is 5.91 Å². The maximum Gasteiger partial charge on any atom is 0.255 e. The summed E-state index contributed by atoms with van der Waals surface area (Å²) >= 11 is 0.